The quantitative estimate of drug-likeness (QED) is 0.530. The number of carbonyl (C=O) groups is 3. The summed E-state index contributed by atoms with van der Waals surface area (Å²) in [5.74, 6) is -2.91. The van der Waals surface area contributed by atoms with Crippen molar-refractivity contribution in [3.8, 4) is 0 Å². The lowest BCUT2D eigenvalue weighted by molar-refractivity contribution is -0.134. The number of carbonyl (C=O) groups excluding carboxylic acids is 1. The molecule has 0 aromatic carbocycles. The van der Waals surface area contributed by atoms with E-state index in [1.165, 1.54) is 0 Å². The standard InChI is InChI=1S/C5H6N2O.C4H4O4/c6-5(8)4-1-2-7-3-4;5-3(6)1-2-4(7)8/h1-3,7H,(H2,6,8);1-2H,(H,5,6)(H,7,8)/b;2-1-. The number of nitrogens with one attached hydrogen (secondary N) is 1. The van der Waals surface area contributed by atoms with Crippen LogP contribution in [-0.4, -0.2) is 33.0 Å². The molecule has 86 valence electrons. The van der Waals surface area contributed by atoms with Crippen molar-refractivity contribution in [3.63, 3.8) is 0 Å². The van der Waals surface area contributed by atoms with Gasteiger partial charge in [0.05, 0.1) is 5.56 Å². The molecule has 0 unspecified atom stereocenters. The van der Waals surface area contributed by atoms with Gasteiger partial charge in [0.1, 0.15) is 0 Å². The van der Waals surface area contributed by atoms with Gasteiger partial charge in [-0.15, -0.1) is 0 Å². The molecular formula is C9H10N2O5. The normalized spacial score (nSPS) is 9.25. The third kappa shape index (κ3) is 6.89. The molecule has 0 spiro atoms. The highest BCUT2D eigenvalue weighted by Crippen LogP contribution is 1.91. The second-order valence-corrected chi connectivity index (χ2v) is 2.47. The molecule has 0 bridgehead atoms. The molecule has 1 rings (SSSR count). The van der Waals surface area contributed by atoms with Crippen LogP contribution in [0, 0.1) is 0 Å². The van der Waals surface area contributed by atoms with E-state index in [0.29, 0.717) is 17.7 Å². The molecule has 5 N–H and O–H groups in total. The molecule has 1 amide bonds. The highest BCUT2D eigenvalue weighted by molar-refractivity contribution is 5.92. The van der Waals surface area contributed by atoms with Gasteiger partial charge in [-0.05, 0) is 6.07 Å². The molecule has 0 aliphatic carbocycles. The van der Waals surface area contributed by atoms with E-state index < -0.39 is 17.8 Å². The van der Waals surface area contributed by atoms with Crippen molar-refractivity contribution in [3.05, 3.63) is 36.2 Å². The summed E-state index contributed by atoms with van der Waals surface area (Å²) in [6, 6.07) is 1.63. The maximum absolute atomic E-state index is 10.3. The van der Waals surface area contributed by atoms with Gasteiger partial charge in [0.2, 0.25) is 5.91 Å². The highest BCUT2D eigenvalue weighted by atomic mass is 16.4. The van der Waals surface area contributed by atoms with Gasteiger partial charge in [-0.2, -0.15) is 0 Å². The number of hydrogen-bond acceptors (Lipinski definition) is 3. The molecule has 0 aliphatic rings. The van der Waals surface area contributed by atoms with Crippen molar-refractivity contribution in [2.24, 2.45) is 5.73 Å². The van der Waals surface area contributed by atoms with E-state index in [1.54, 1.807) is 18.5 Å². The second kappa shape index (κ2) is 6.82. The number of hydrogen-bond donors (Lipinski definition) is 4. The van der Waals surface area contributed by atoms with E-state index in [9.17, 15) is 14.4 Å². The van der Waals surface area contributed by atoms with Crippen LogP contribution in [0.15, 0.2) is 30.6 Å². The number of primary amides is 1. The first-order chi connectivity index (χ1) is 7.43. The van der Waals surface area contributed by atoms with E-state index in [1.807, 2.05) is 0 Å². The molecule has 0 saturated heterocycles. The molecule has 7 heteroatoms. The van der Waals surface area contributed by atoms with Crippen molar-refractivity contribution >= 4 is 17.8 Å². The zero-order valence-electron chi connectivity index (χ0n) is 8.08. The fourth-order valence-electron chi connectivity index (χ4n) is 0.620. The van der Waals surface area contributed by atoms with Crippen LogP contribution in [-0.2, 0) is 9.59 Å². The number of aromatic amines is 1. The number of amides is 1. The van der Waals surface area contributed by atoms with Crippen LogP contribution in [0.3, 0.4) is 0 Å². The SMILES string of the molecule is NC(=O)c1cc[nH]c1.O=C(O)/C=C\C(=O)O. The number of rotatable bonds is 3. The fourth-order valence-corrected chi connectivity index (χ4v) is 0.620. The average molecular weight is 226 g/mol. The van der Waals surface area contributed by atoms with Gasteiger partial charge in [-0.1, -0.05) is 0 Å². The monoisotopic (exact) mass is 226 g/mol. The average Bonchev–Trinajstić information content (AvgIpc) is 2.68. The summed E-state index contributed by atoms with van der Waals surface area (Å²) in [5.41, 5.74) is 5.42. The molecule has 7 nitrogen and oxygen atoms in total. The summed E-state index contributed by atoms with van der Waals surface area (Å²) in [7, 11) is 0. The summed E-state index contributed by atoms with van der Waals surface area (Å²) in [4.78, 5) is 32.1. The predicted molar refractivity (Wildman–Crippen MR) is 53.7 cm³/mol. The summed E-state index contributed by atoms with van der Waals surface area (Å²) in [6.07, 6.45) is 4.33. The molecule has 1 aromatic rings. The van der Waals surface area contributed by atoms with Crippen LogP contribution in [0.2, 0.25) is 0 Å². The lowest BCUT2D eigenvalue weighted by atomic mass is 10.3. The van der Waals surface area contributed by atoms with Crippen LogP contribution in [0.4, 0.5) is 0 Å². The number of aromatic nitrogens is 1. The van der Waals surface area contributed by atoms with E-state index in [0.717, 1.165) is 0 Å². The first-order valence-electron chi connectivity index (χ1n) is 4.00. The molecular weight excluding hydrogens is 216 g/mol. The number of nitrogens with two attached hydrogens (primary N) is 1. The molecule has 0 fully saturated rings. The minimum absolute atomic E-state index is 0.397. The van der Waals surface area contributed by atoms with Gasteiger partial charge >= 0.3 is 11.9 Å². The molecule has 0 radical (unpaired) electrons. The molecule has 1 aromatic heterocycles. The Balaban J connectivity index is 0.000000281. The summed E-state index contributed by atoms with van der Waals surface area (Å²) in [5, 5.41) is 15.6. The zero-order valence-corrected chi connectivity index (χ0v) is 8.08. The van der Waals surface area contributed by atoms with Crippen molar-refractivity contribution in [1.82, 2.24) is 4.98 Å². The predicted octanol–water partition coefficient (Wildman–Crippen LogP) is -0.175. The molecule has 0 atom stereocenters. The summed E-state index contributed by atoms with van der Waals surface area (Å²) in [6.45, 7) is 0. The van der Waals surface area contributed by atoms with Gasteiger partial charge in [-0.3, -0.25) is 4.79 Å². The zero-order chi connectivity index (χ0) is 12.6. The molecule has 0 saturated carbocycles. The van der Waals surface area contributed by atoms with E-state index >= 15 is 0 Å². The third-order valence-electron chi connectivity index (χ3n) is 1.25. The lowest BCUT2D eigenvalue weighted by Gasteiger charge is -1.80. The van der Waals surface area contributed by atoms with Crippen molar-refractivity contribution in [1.29, 1.82) is 0 Å². The Morgan fingerprint density at radius 1 is 1.19 bits per heavy atom. The first kappa shape index (κ1) is 13.4. The smallest absolute Gasteiger partial charge is 0.328 e. The van der Waals surface area contributed by atoms with Gasteiger partial charge in [-0.25, -0.2) is 9.59 Å². The Kier molecular flexibility index (Phi) is 5.73. The number of aliphatic carboxylic acids is 2. The van der Waals surface area contributed by atoms with E-state index in [2.05, 4.69) is 4.98 Å². The molecule has 1 heterocycles. The maximum atomic E-state index is 10.3. The third-order valence-corrected chi connectivity index (χ3v) is 1.25. The van der Waals surface area contributed by atoms with Gasteiger partial charge in [0, 0.05) is 24.5 Å². The minimum Gasteiger partial charge on any atom is -0.478 e. The highest BCUT2D eigenvalue weighted by Gasteiger charge is 1.95. The van der Waals surface area contributed by atoms with Crippen LogP contribution in [0.25, 0.3) is 0 Å². The van der Waals surface area contributed by atoms with Gasteiger partial charge < -0.3 is 20.9 Å². The molecule has 0 aliphatic heterocycles. The summed E-state index contributed by atoms with van der Waals surface area (Å²) < 4.78 is 0. The van der Waals surface area contributed by atoms with Crippen molar-refractivity contribution in [2.45, 2.75) is 0 Å². The first-order valence-corrected chi connectivity index (χ1v) is 4.00. The fraction of sp³-hybridized carbons (Fsp3) is 0. The summed E-state index contributed by atoms with van der Waals surface area (Å²) >= 11 is 0. The number of H-pyrrole nitrogens is 1. The van der Waals surface area contributed by atoms with Crippen molar-refractivity contribution in [2.75, 3.05) is 0 Å². The Hall–Kier alpha value is -2.57. The van der Waals surface area contributed by atoms with Crippen molar-refractivity contribution < 1.29 is 24.6 Å². The van der Waals surface area contributed by atoms with Gasteiger partial charge in [0.15, 0.2) is 0 Å². The Morgan fingerprint density at radius 2 is 1.69 bits per heavy atom. The Bertz CT molecular complexity index is 378. The van der Waals surface area contributed by atoms with Gasteiger partial charge in [0.25, 0.3) is 0 Å². The number of carboxylic acids is 2. The van der Waals surface area contributed by atoms with Crippen LogP contribution < -0.4 is 5.73 Å². The largest absolute Gasteiger partial charge is 0.478 e. The Labute approximate surface area is 90.2 Å². The van der Waals surface area contributed by atoms with E-state index in [-0.39, 0.29) is 0 Å². The van der Waals surface area contributed by atoms with E-state index in [4.69, 9.17) is 15.9 Å². The minimum atomic E-state index is -1.26. The van der Waals surface area contributed by atoms with Crippen LogP contribution in [0.5, 0.6) is 0 Å². The van der Waals surface area contributed by atoms with Crippen LogP contribution in [0.1, 0.15) is 10.4 Å². The maximum Gasteiger partial charge on any atom is 0.328 e. The second-order valence-electron chi connectivity index (χ2n) is 2.47. The lowest BCUT2D eigenvalue weighted by Crippen LogP contribution is -2.08. The molecule has 16 heavy (non-hydrogen) atoms. The Morgan fingerprint density at radius 3 is 1.88 bits per heavy atom. The topological polar surface area (TPSA) is 133 Å². The van der Waals surface area contributed by atoms with Crippen LogP contribution >= 0.6 is 0 Å². The number of carboxylic acid groups (broad SMARTS) is 2.